The van der Waals surface area contributed by atoms with Gasteiger partial charge in [0.05, 0.1) is 13.2 Å². The summed E-state index contributed by atoms with van der Waals surface area (Å²) >= 11 is 0. The summed E-state index contributed by atoms with van der Waals surface area (Å²) in [6, 6.07) is 4.64. The van der Waals surface area contributed by atoms with Crippen molar-refractivity contribution in [3.63, 3.8) is 0 Å². The second kappa shape index (κ2) is 8.70. The second-order valence-corrected chi connectivity index (χ2v) is 7.44. The Balaban J connectivity index is 2.06. The minimum atomic E-state index is -0.102. The van der Waals surface area contributed by atoms with E-state index in [1.165, 1.54) is 12.0 Å². The number of piperidine rings is 1. The molecule has 4 heteroatoms. The number of carbonyl (C=O) groups is 1. The Morgan fingerprint density at radius 3 is 2.52 bits per heavy atom. The molecule has 2 rings (SSSR count). The van der Waals surface area contributed by atoms with Crippen LogP contribution in [0.5, 0.6) is 5.75 Å². The van der Waals surface area contributed by atoms with E-state index in [2.05, 4.69) is 42.7 Å². The third-order valence-electron chi connectivity index (χ3n) is 5.56. The van der Waals surface area contributed by atoms with E-state index in [4.69, 9.17) is 4.74 Å². The third kappa shape index (κ3) is 4.55. The maximum atomic E-state index is 13.0. The average molecular weight is 347 g/mol. The molecular weight excluding hydrogens is 312 g/mol. The van der Waals surface area contributed by atoms with Gasteiger partial charge in [-0.05, 0) is 70.2 Å². The van der Waals surface area contributed by atoms with Crippen LogP contribution in [0.4, 0.5) is 0 Å². The smallest absolute Gasteiger partial charge is 0.239 e. The van der Waals surface area contributed by atoms with E-state index < -0.39 is 0 Å². The molecule has 2 atom stereocenters. The van der Waals surface area contributed by atoms with E-state index in [9.17, 15) is 4.79 Å². The molecule has 4 nitrogen and oxygen atoms in total. The lowest BCUT2D eigenvalue weighted by Gasteiger charge is -2.38. The fraction of sp³-hybridized carbons (Fsp3) is 0.667. The van der Waals surface area contributed by atoms with E-state index in [1.807, 2.05) is 14.0 Å². The predicted octanol–water partition coefficient (Wildman–Crippen LogP) is 3.92. The Morgan fingerprint density at radius 2 is 1.96 bits per heavy atom. The highest BCUT2D eigenvalue weighted by Crippen LogP contribution is 2.26. The molecule has 1 amide bonds. The van der Waals surface area contributed by atoms with Crippen LogP contribution in [0.15, 0.2) is 12.1 Å². The van der Waals surface area contributed by atoms with Crippen LogP contribution in [0.3, 0.4) is 0 Å². The van der Waals surface area contributed by atoms with Crippen LogP contribution in [0.2, 0.25) is 0 Å². The first-order valence-corrected chi connectivity index (χ1v) is 9.53. The van der Waals surface area contributed by atoms with Gasteiger partial charge in [0.2, 0.25) is 5.91 Å². The van der Waals surface area contributed by atoms with Gasteiger partial charge in [-0.2, -0.15) is 0 Å². The number of nitrogens with zero attached hydrogens (tertiary/aromatic N) is 2. The number of rotatable bonds is 6. The highest BCUT2D eigenvalue weighted by atomic mass is 16.5. The Hall–Kier alpha value is -1.55. The van der Waals surface area contributed by atoms with Gasteiger partial charge < -0.3 is 9.64 Å². The molecule has 1 heterocycles. The molecule has 0 spiro atoms. The van der Waals surface area contributed by atoms with Gasteiger partial charge in [-0.25, -0.2) is 0 Å². The minimum absolute atomic E-state index is 0.102. The number of likely N-dealkylation sites (N-methyl/N-ethyl adjacent to an activating group) is 1. The zero-order chi connectivity index (χ0) is 18.6. The van der Waals surface area contributed by atoms with Crippen molar-refractivity contribution in [2.75, 3.05) is 20.7 Å². The first-order chi connectivity index (χ1) is 11.9. The number of likely N-dealkylation sites (tertiary alicyclic amines) is 1. The largest absolute Gasteiger partial charge is 0.496 e. The molecule has 0 aromatic heterocycles. The molecule has 0 saturated carbocycles. The van der Waals surface area contributed by atoms with Crippen molar-refractivity contribution in [1.82, 2.24) is 9.80 Å². The number of carbonyl (C=O) groups excluding carboxylic acids is 1. The zero-order valence-corrected chi connectivity index (χ0v) is 16.8. The van der Waals surface area contributed by atoms with E-state index in [-0.39, 0.29) is 11.9 Å². The number of methoxy groups -OCH3 is 1. The number of ether oxygens (including phenoxy) is 1. The van der Waals surface area contributed by atoms with Gasteiger partial charge in [0, 0.05) is 19.1 Å². The molecule has 1 aromatic carbocycles. The standard InChI is InChI=1S/C21H34N2O2/c1-7-19-10-8-9-11-23(19)21(24)17(4)22(5)14-18-12-15(2)20(25-6)16(3)13-18/h12-13,17,19H,7-11,14H2,1-6H3. The van der Waals surface area contributed by atoms with Crippen LogP contribution < -0.4 is 4.74 Å². The summed E-state index contributed by atoms with van der Waals surface area (Å²) in [6.07, 6.45) is 4.58. The molecule has 0 bridgehead atoms. The second-order valence-electron chi connectivity index (χ2n) is 7.44. The van der Waals surface area contributed by atoms with Gasteiger partial charge in [0.15, 0.2) is 0 Å². The Bertz CT molecular complexity index is 577. The van der Waals surface area contributed by atoms with Crippen molar-refractivity contribution in [3.05, 3.63) is 28.8 Å². The third-order valence-corrected chi connectivity index (χ3v) is 5.56. The lowest BCUT2D eigenvalue weighted by Crippen LogP contribution is -2.51. The maximum absolute atomic E-state index is 13.0. The summed E-state index contributed by atoms with van der Waals surface area (Å²) in [5, 5.41) is 0. The van der Waals surface area contributed by atoms with Gasteiger partial charge >= 0.3 is 0 Å². The van der Waals surface area contributed by atoms with E-state index in [0.29, 0.717) is 6.04 Å². The van der Waals surface area contributed by atoms with E-state index in [0.717, 1.165) is 49.2 Å². The molecule has 0 radical (unpaired) electrons. The normalized spacial score (nSPS) is 19.2. The molecule has 1 saturated heterocycles. The van der Waals surface area contributed by atoms with Gasteiger partial charge in [-0.3, -0.25) is 9.69 Å². The first-order valence-electron chi connectivity index (χ1n) is 9.53. The van der Waals surface area contributed by atoms with E-state index in [1.54, 1.807) is 7.11 Å². The number of amides is 1. The van der Waals surface area contributed by atoms with Crippen LogP contribution in [-0.2, 0) is 11.3 Å². The quantitative estimate of drug-likeness (QED) is 0.782. The molecule has 2 unspecified atom stereocenters. The number of hydrogen-bond acceptors (Lipinski definition) is 3. The van der Waals surface area contributed by atoms with Crippen molar-refractivity contribution < 1.29 is 9.53 Å². The maximum Gasteiger partial charge on any atom is 0.239 e. The SMILES string of the molecule is CCC1CCCCN1C(=O)C(C)N(C)Cc1cc(C)c(OC)c(C)c1. The highest BCUT2D eigenvalue weighted by Gasteiger charge is 2.30. The number of aryl methyl sites for hydroxylation is 2. The summed E-state index contributed by atoms with van der Waals surface area (Å²) in [6.45, 7) is 10.0. The van der Waals surface area contributed by atoms with Gasteiger partial charge in [0.1, 0.15) is 5.75 Å². The highest BCUT2D eigenvalue weighted by molar-refractivity contribution is 5.81. The minimum Gasteiger partial charge on any atom is -0.496 e. The van der Waals surface area contributed by atoms with Crippen molar-refractivity contribution in [1.29, 1.82) is 0 Å². The average Bonchev–Trinajstić information content (AvgIpc) is 2.60. The lowest BCUT2D eigenvalue weighted by atomic mass is 9.99. The molecule has 0 aliphatic carbocycles. The molecule has 25 heavy (non-hydrogen) atoms. The van der Waals surface area contributed by atoms with Crippen LogP contribution in [0.25, 0.3) is 0 Å². The summed E-state index contributed by atoms with van der Waals surface area (Å²) in [5.74, 6) is 1.23. The van der Waals surface area contributed by atoms with Crippen LogP contribution in [0.1, 0.15) is 56.2 Å². The lowest BCUT2D eigenvalue weighted by molar-refractivity contribution is -0.140. The van der Waals surface area contributed by atoms with Gasteiger partial charge in [0.25, 0.3) is 0 Å². The van der Waals surface area contributed by atoms with E-state index >= 15 is 0 Å². The molecule has 140 valence electrons. The Labute approximate surface area is 153 Å². The molecule has 1 aliphatic rings. The summed E-state index contributed by atoms with van der Waals surface area (Å²) in [7, 11) is 3.76. The number of hydrogen-bond donors (Lipinski definition) is 0. The van der Waals surface area contributed by atoms with Crippen molar-refractivity contribution >= 4 is 5.91 Å². The van der Waals surface area contributed by atoms with Crippen LogP contribution in [-0.4, -0.2) is 48.5 Å². The van der Waals surface area contributed by atoms with Crippen molar-refractivity contribution in [2.45, 2.75) is 72.0 Å². The molecule has 1 aliphatic heterocycles. The summed E-state index contributed by atoms with van der Waals surface area (Å²) in [4.78, 5) is 17.3. The Kier molecular flexibility index (Phi) is 6.88. The zero-order valence-electron chi connectivity index (χ0n) is 16.8. The predicted molar refractivity (Wildman–Crippen MR) is 103 cm³/mol. The summed E-state index contributed by atoms with van der Waals surface area (Å²) in [5.41, 5.74) is 3.52. The topological polar surface area (TPSA) is 32.8 Å². The monoisotopic (exact) mass is 346 g/mol. The van der Waals surface area contributed by atoms with Crippen molar-refractivity contribution in [2.24, 2.45) is 0 Å². The first kappa shape index (κ1) is 19.8. The molecular formula is C21H34N2O2. The Morgan fingerprint density at radius 1 is 1.32 bits per heavy atom. The fourth-order valence-corrected chi connectivity index (χ4v) is 4.02. The van der Waals surface area contributed by atoms with Crippen molar-refractivity contribution in [3.8, 4) is 5.75 Å². The molecule has 1 fully saturated rings. The molecule has 1 aromatic rings. The van der Waals surface area contributed by atoms with Gasteiger partial charge in [-0.1, -0.05) is 19.1 Å². The number of benzene rings is 1. The fourth-order valence-electron chi connectivity index (χ4n) is 4.02. The van der Waals surface area contributed by atoms with Crippen LogP contribution in [0, 0.1) is 13.8 Å². The van der Waals surface area contributed by atoms with Crippen LogP contribution >= 0.6 is 0 Å². The van der Waals surface area contributed by atoms with Gasteiger partial charge in [-0.15, -0.1) is 0 Å². The molecule has 0 N–H and O–H groups in total. The summed E-state index contributed by atoms with van der Waals surface area (Å²) < 4.78 is 5.45.